The molecule has 2 aliphatic rings. The van der Waals surface area contributed by atoms with Crippen LogP contribution in [-0.4, -0.2) is 42.8 Å². The molecule has 6 rings (SSSR count). The molecule has 250 valence electrons. The van der Waals surface area contributed by atoms with Crippen molar-refractivity contribution in [1.82, 2.24) is 9.88 Å². The Labute approximate surface area is 292 Å². The molecule has 6 heteroatoms. The molecule has 3 aromatic carbocycles. The minimum Gasteiger partial charge on any atom is -0.370 e. The van der Waals surface area contributed by atoms with Crippen molar-refractivity contribution in [2.45, 2.75) is 65.8 Å². The van der Waals surface area contributed by atoms with Gasteiger partial charge in [0.15, 0.2) is 0 Å². The van der Waals surface area contributed by atoms with Crippen molar-refractivity contribution in [2.24, 2.45) is 4.99 Å². The number of anilines is 2. The fourth-order valence-corrected chi connectivity index (χ4v) is 7.48. The van der Waals surface area contributed by atoms with E-state index in [2.05, 4.69) is 120 Å². The zero-order valence-electron chi connectivity index (χ0n) is 29.4. The summed E-state index contributed by atoms with van der Waals surface area (Å²) < 4.78 is 0. The lowest BCUT2D eigenvalue weighted by Crippen LogP contribution is -2.18. The van der Waals surface area contributed by atoms with E-state index in [0.717, 1.165) is 90.6 Å². The first-order valence-corrected chi connectivity index (χ1v) is 17.7. The van der Waals surface area contributed by atoms with E-state index in [4.69, 9.17) is 4.98 Å². The molecule has 0 amide bonds. The number of pyridine rings is 1. The lowest BCUT2D eigenvalue weighted by atomic mass is 9.90. The molecule has 0 unspecified atom stereocenters. The van der Waals surface area contributed by atoms with Crippen molar-refractivity contribution in [3.63, 3.8) is 0 Å². The number of rotatable bonds is 12. The summed E-state index contributed by atoms with van der Waals surface area (Å²) in [6.45, 7) is 20.0. The van der Waals surface area contributed by atoms with Gasteiger partial charge in [0, 0.05) is 30.9 Å². The van der Waals surface area contributed by atoms with Crippen molar-refractivity contribution in [1.29, 1.82) is 5.26 Å². The van der Waals surface area contributed by atoms with Crippen LogP contribution in [0.1, 0.15) is 77.2 Å². The van der Waals surface area contributed by atoms with E-state index in [-0.39, 0.29) is 0 Å². The Morgan fingerprint density at radius 2 is 1.67 bits per heavy atom. The van der Waals surface area contributed by atoms with Gasteiger partial charge in [0.2, 0.25) is 0 Å². The summed E-state index contributed by atoms with van der Waals surface area (Å²) >= 11 is 0. The number of hydrogen-bond donors (Lipinski definition) is 1. The number of hydrogen-bond acceptors (Lipinski definition) is 6. The van der Waals surface area contributed by atoms with Gasteiger partial charge in [-0.05, 0) is 142 Å². The molecule has 1 aromatic heterocycles. The van der Waals surface area contributed by atoms with Crippen molar-refractivity contribution in [3.8, 4) is 17.2 Å². The van der Waals surface area contributed by atoms with E-state index in [1.807, 2.05) is 13.1 Å². The highest BCUT2D eigenvalue weighted by Gasteiger charge is 2.19. The number of aromatic nitrogens is 1. The van der Waals surface area contributed by atoms with Crippen LogP contribution in [-0.2, 0) is 19.4 Å². The number of aliphatic imine (C=N–C) groups is 1. The molecule has 2 aliphatic heterocycles. The zero-order chi connectivity index (χ0) is 34.3. The van der Waals surface area contributed by atoms with Crippen LogP contribution in [0.4, 0.5) is 17.1 Å². The van der Waals surface area contributed by atoms with Gasteiger partial charge < -0.3 is 10.2 Å². The fourth-order valence-electron chi connectivity index (χ4n) is 7.48. The molecule has 2 saturated heterocycles. The van der Waals surface area contributed by atoms with Crippen LogP contribution in [0.25, 0.3) is 22.9 Å². The second-order valence-electron chi connectivity index (χ2n) is 13.4. The molecule has 4 aromatic rings. The number of nitrogens with one attached hydrogen (secondary N) is 1. The molecule has 0 saturated carbocycles. The summed E-state index contributed by atoms with van der Waals surface area (Å²) in [6.07, 6.45) is 12.6. The summed E-state index contributed by atoms with van der Waals surface area (Å²) in [5, 5.41) is 13.7. The van der Waals surface area contributed by atoms with Gasteiger partial charge in [0.05, 0.1) is 40.6 Å². The Morgan fingerprint density at radius 1 is 0.959 bits per heavy atom. The lowest BCUT2D eigenvalue weighted by Gasteiger charge is -2.21. The summed E-state index contributed by atoms with van der Waals surface area (Å²) in [5.74, 6) is 0. The SMILES string of the molecule is C=Nc1cc(CN2CCCC2)cc(C#N)c1CCc1cccc(-c2cccc(NC(=C)c3ncc(N4CCCC4)cc3/C=C\C)c2C)c1C. The predicted molar refractivity (Wildman–Crippen MR) is 207 cm³/mol. The monoisotopic (exact) mass is 648 g/mol. The van der Waals surface area contributed by atoms with Gasteiger partial charge >= 0.3 is 0 Å². The van der Waals surface area contributed by atoms with Gasteiger partial charge in [-0.3, -0.25) is 14.9 Å². The number of aryl methyl sites for hydroxylation is 1. The van der Waals surface area contributed by atoms with E-state index in [1.165, 1.54) is 53.6 Å². The molecule has 0 bridgehead atoms. The normalized spacial score (nSPS) is 14.8. The van der Waals surface area contributed by atoms with Crippen molar-refractivity contribution < 1.29 is 0 Å². The number of nitrogens with zero attached hydrogens (tertiary/aromatic N) is 5. The van der Waals surface area contributed by atoms with Crippen molar-refractivity contribution in [2.75, 3.05) is 36.4 Å². The van der Waals surface area contributed by atoms with Gasteiger partial charge in [-0.25, -0.2) is 0 Å². The maximum atomic E-state index is 10.1. The minimum absolute atomic E-state index is 0.709. The Kier molecular flexibility index (Phi) is 10.7. The van der Waals surface area contributed by atoms with Gasteiger partial charge in [-0.2, -0.15) is 5.26 Å². The smallest absolute Gasteiger partial charge is 0.0995 e. The second kappa shape index (κ2) is 15.5. The predicted octanol–water partition coefficient (Wildman–Crippen LogP) is 9.67. The standard InChI is InChI=1S/C43H48N6/c1-6-13-35-26-37(49-22-9-10-23-49)28-46-43(35)32(4)47-41-17-12-16-39(31(41)3)38-15-11-14-34(30(38)2)18-19-40-36(27-44)24-33(25-42(40)45-5)29-48-20-7-8-21-48/h6,11-17,24-26,28,47H,4-5,7-10,18-23,29H2,1-3H3/b13-6-. The highest BCUT2D eigenvalue weighted by Crippen LogP contribution is 2.35. The Balaban J connectivity index is 1.22. The first kappa shape index (κ1) is 33.9. The van der Waals surface area contributed by atoms with Crippen LogP contribution in [0.15, 0.2) is 78.4 Å². The number of benzene rings is 3. The van der Waals surface area contributed by atoms with Crippen molar-refractivity contribution in [3.05, 3.63) is 118 Å². The Morgan fingerprint density at radius 3 is 2.39 bits per heavy atom. The number of likely N-dealkylation sites (tertiary alicyclic amines) is 1. The zero-order valence-corrected chi connectivity index (χ0v) is 29.4. The molecule has 0 spiro atoms. The molecular weight excluding hydrogens is 601 g/mol. The molecule has 3 heterocycles. The third kappa shape index (κ3) is 7.53. The average molecular weight is 649 g/mol. The molecule has 0 aliphatic carbocycles. The van der Waals surface area contributed by atoms with Gasteiger partial charge in [0.25, 0.3) is 0 Å². The summed E-state index contributed by atoms with van der Waals surface area (Å²) in [4.78, 5) is 14.1. The van der Waals surface area contributed by atoms with Crippen LogP contribution in [0.5, 0.6) is 0 Å². The van der Waals surface area contributed by atoms with Crippen molar-refractivity contribution >= 4 is 35.6 Å². The Bertz CT molecular complexity index is 1920. The van der Waals surface area contributed by atoms with Crippen LogP contribution >= 0.6 is 0 Å². The minimum atomic E-state index is 0.709. The molecule has 0 atom stereocenters. The summed E-state index contributed by atoms with van der Waals surface area (Å²) in [7, 11) is 0. The van der Waals surface area contributed by atoms with Gasteiger partial charge in [0.1, 0.15) is 0 Å². The number of allylic oxidation sites excluding steroid dienone is 1. The average Bonchev–Trinajstić information content (AvgIpc) is 3.84. The van der Waals surface area contributed by atoms with Crippen LogP contribution < -0.4 is 10.2 Å². The van der Waals surface area contributed by atoms with Gasteiger partial charge in [-0.15, -0.1) is 0 Å². The van der Waals surface area contributed by atoms with Crippen LogP contribution in [0.3, 0.4) is 0 Å². The quantitative estimate of drug-likeness (QED) is 0.155. The van der Waals surface area contributed by atoms with E-state index in [0.29, 0.717) is 5.56 Å². The molecule has 49 heavy (non-hydrogen) atoms. The second-order valence-corrected chi connectivity index (χ2v) is 13.4. The van der Waals surface area contributed by atoms with E-state index in [9.17, 15) is 5.26 Å². The summed E-state index contributed by atoms with van der Waals surface area (Å²) in [5.41, 5.74) is 14.6. The maximum Gasteiger partial charge on any atom is 0.0995 e. The van der Waals surface area contributed by atoms with Gasteiger partial charge in [-0.1, -0.05) is 49.1 Å². The van der Waals surface area contributed by atoms with E-state index >= 15 is 0 Å². The molecule has 1 N–H and O–H groups in total. The Hall–Kier alpha value is -4.99. The molecular formula is C43H48N6. The third-order valence-electron chi connectivity index (χ3n) is 10.2. The van der Waals surface area contributed by atoms with Crippen LogP contribution in [0, 0.1) is 25.2 Å². The number of nitriles is 1. The van der Waals surface area contributed by atoms with E-state index in [1.54, 1.807) is 0 Å². The third-order valence-corrected chi connectivity index (χ3v) is 10.2. The van der Waals surface area contributed by atoms with Crippen LogP contribution in [0.2, 0.25) is 0 Å². The molecule has 6 nitrogen and oxygen atoms in total. The largest absolute Gasteiger partial charge is 0.370 e. The molecule has 2 fully saturated rings. The topological polar surface area (TPSA) is 67.5 Å². The van der Waals surface area contributed by atoms with E-state index < -0.39 is 0 Å². The first-order chi connectivity index (χ1) is 23.9. The summed E-state index contributed by atoms with van der Waals surface area (Å²) in [6, 6.07) is 21.8. The highest BCUT2D eigenvalue weighted by molar-refractivity contribution is 5.84. The maximum absolute atomic E-state index is 10.1. The lowest BCUT2D eigenvalue weighted by molar-refractivity contribution is 0.331. The molecule has 0 radical (unpaired) electrons. The highest BCUT2D eigenvalue weighted by atomic mass is 15.1. The fraction of sp³-hybridized carbons (Fsp3) is 0.326. The first-order valence-electron chi connectivity index (χ1n) is 17.7.